The average molecular weight is 297 g/mol. The number of aromatic nitrogens is 2. The second-order valence-corrected chi connectivity index (χ2v) is 4.57. The summed E-state index contributed by atoms with van der Waals surface area (Å²) >= 11 is 8.62. The Labute approximate surface area is 106 Å². The van der Waals surface area contributed by atoms with Crippen LogP contribution in [0.4, 0.5) is 0 Å². The fraction of sp³-hybridized carbons (Fsp3) is 0.0909. The lowest BCUT2D eigenvalue weighted by atomic mass is 10.2. The van der Waals surface area contributed by atoms with Crippen molar-refractivity contribution in [3.8, 4) is 5.69 Å². The largest absolute Gasteiger partial charge is 0.299 e. The van der Waals surface area contributed by atoms with Crippen molar-refractivity contribution in [1.29, 1.82) is 0 Å². The van der Waals surface area contributed by atoms with Gasteiger partial charge in [0.05, 0.1) is 5.69 Å². The molecular weight excluding hydrogens is 288 g/mol. The summed E-state index contributed by atoms with van der Waals surface area (Å²) in [7, 11) is 0. The molecule has 0 aliphatic carbocycles. The molecule has 0 aliphatic heterocycles. The maximum atomic E-state index is 11.1. The summed E-state index contributed by atoms with van der Waals surface area (Å²) < 4.78 is 3.12. The number of nitrogens with one attached hydrogen (secondary N) is 1. The van der Waals surface area contributed by atoms with E-state index in [2.05, 4.69) is 20.9 Å². The number of hydrogen-bond acceptors (Lipinski definition) is 2. The van der Waals surface area contributed by atoms with Crippen molar-refractivity contribution in [2.24, 2.45) is 0 Å². The molecule has 0 radical (unpaired) electrons. The number of hydrogen-bond donors (Lipinski definition) is 1. The van der Waals surface area contributed by atoms with Crippen molar-refractivity contribution in [3.05, 3.63) is 55.6 Å². The maximum absolute atomic E-state index is 11.1. The Morgan fingerprint density at radius 3 is 2.81 bits per heavy atom. The van der Waals surface area contributed by atoms with Crippen LogP contribution in [0.5, 0.6) is 0 Å². The number of aryl methyl sites for hydroxylation is 1. The molecule has 82 valence electrons. The van der Waals surface area contributed by atoms with Gasteiger partial charge in [0.15, 0.2) is 4.77 Å². The summed E-state index contributed by atoms with van der Waals surface area (Å²) in [6.07, 6.45) is 1.67. The molecular formula is C11H9BrN2OS. The Hall–Kier alpha value is -1.20. The first-order valence-electron chi connectivity index (χ1n) is 4.67. The van der Waals surface area contributed by atoms with Crippen LogP contribution in [-0.2, 0) is 0 Å². The standard InChI is InChI=1S/C11H9BrN2OS/c1-7-3-2-4-8(10(7)12)14-6-5-9(15)13-11(14)16/h2-6H,1H3,(H,13,15,16). The average Bonchev–Trinajstić information content (AvgIpc) is 2.23. The van der Waals surface area contributed by atoms with Crippen LogP contribution in [0, 0.1) is 11.7 Å². The lowest BCUT2D eigenvalue weighted by Crippen LogP contribution is -2.10. The van der Waals surface area contributed by atoms with Gasteiger partial charge in [-0.2, -0.15) is 0 Å². The van der Waals surface area contributed by atoms with Gasteiger partial charge in [0.1, 0.15) is 0 Å². The van der Waals surface area contributed by atoms with E-state index < -0.39 is 0 Å². The highest BCUT2D eigenvalue weighted by molar-refractivity contribution is 9.10. The third-order valence-corrected chi connectivity index (χ3v) is 3.59. The first-order chi connectivity index (χ1) is 7.59. The Bertz CT molecular complexity index is 645. The summed E-state index contributed by atoms with van der Waals surface area (Å²) in [5, 5.41) is 0. The Kier molecular flexibility index (Phi) is 3.07. The van der Waals surface area contributed by atoms with Gasteiger partial charge in [0.25, 0.3) is 5.56 Å². The molecule has 1 aromatic heterocycles. The summed E-state index contributed by atoms with van der Waals surface area (Å²) in [6.45, 7) is 2.00. The minimum absolute atomic E-state index is 0.190. The van der Waals surface area contributed by atoms with Crippen molar-refractivity contribution >= 4 is 28.1 Å². The third-order valence-electron chi connectivity index (χ3n) is 2.25. The summed E-state index contributed by atoms with van der Waals surface area (Å²) in [4.78, 5) is 13.7. The van der Waals surface area contributed by atoms with Crippen LogP contribution in [0.3, 0.4) is 0 Å². The zero-order valence-electron chi connectivity index (χ0n) is 8.53. The molecule has 0 bridgehead atoms. The second-order valence-electron chi connectivity index (χ2n) is 3.39. The van der Waals surface area contributed by atoms with E-state index in [0.717, 1.165) is 15.7 Å². The van der Waals surface area contributed by atoms with Crippen LogP contribution in [0.25, 0.3) is 5.69 Å². The number of H-pyrrole nitrogens is 1. The van der Waals surface area contributed by atoms with Gasteiger partial charge in [-0.3, -0.25) is 14.3 Å². The van der Waals surface area contributed by atoms with Crippen LogP contribution < -0.4 is 5.56 Å². The van der Waals surface area contributed by atoms with Crippen LogP contribution in [0.1, 0.15) is 5.56 Å². The Morgan fingerprint density at radius 1 is 1.38 bits per heavy atom. The van der Waals surface area contributed by atoms with Gasteiger partial charge in [-0.15, -0.1) is 0 Å². The number of benzene rings is 1. The fourth-order valence-corrected chi connectivity index (χ4v) is 2.14. The minimum Gasteiger partial charge on any atom is -0.299 e. The molecule has 16 heavy (non-hydrogen) atoms. The van der Waals surface area contributed by atoms with E-state index in [4.69, 9.17) is 12.2 Å². The predicted molar refractivity (Wildman–Crippen MR) is 69.7 cm³/mol. The minimum atomic E-state index is -0.190. The first-order valence-corrected chi connectivity index (χ1v) is 5.87. The molecule has 0 aliphatic rings. The molecule has 0 atom stereocenters. The Balaban J connectivity index is 2.73. The van der Waals surface area contributed by atoms with Crippen molar-refractivity contribution in [3.63, 3.8) is 0 Å². The topological polar surface area (TPSA) is 37.8 Å². The van der Waals surface area contributed by atoms with Gasteiger partial charge in [0.2, 0.25) is 0 Å². The van der Waals surface area contributed by atoms with Gasteiger partial charge < -0.3 is 0 Å². The highest BCUT2D eigenvalue weighted by atomic mass is 79.9. The van der Waals surface area contributed by atoms with E-state index in [9.17, 15) is 4.79 Å². The second kappa shape index (κ2) is 4.35. The van der Waals surface area contributed by atoms with E-state index in [1.165, 1.54) is 6.07 Å². The van der Waals surface area contributed by atoms with Crippen molar-refractivity contribution in [2.45, 2.75) is 6.92 Å². The van der Waals surface area contributed by atoms with Crippen molar-refractivity contribution in [1.82, 2.24) is 9.55 Å². The maximum Gasteiger partial charge on any atom is 0.251 e. The molecule has 3 nitrogen and oxygen atoms in total. The molecule has 1 N–H and O–H groups in total. The van der Waals surface area contributed by atoms with Gasteiger partial charge in [-0.05, 0) is 46.7 Å². The van der Waals surface area contributed by atoms with Crippen LogP contribution >= 0.6 is 28.1 Å². The molecule has 2 rings (SSSR count). The monoisotopic (exact) mass is 296 g/mol. The molecule has 0 amide bonds. The smallest absolute Gasteiger partial charge is 0.251 e. The third kappa shape index (κ3) is 2.01. The molecule has 0 unspecified atom stereocenters. The molecule has 0 saturated carbocycles. The van der Waals surface area contributed by atoms with Gasteiger partial charge in [-0.25, -0.2) is 0 Å². The van der Waals surface area contributed by atoms with Crippen LogP contribution in [0.15, 0.2) is 39.7 Å². The molecule has 0 spiro atoms. The highest BCUT2D eigenvalue weighted by Gasteiger charge is 2.04. The summed E-state index contributed by atoms with van der Waals surface area (Å²) in [5.74, 6) is 0. The fourth-order valence-electron chi connectivity index (χ4n) is 1.42. The summed E-state index contributed by atoms with van der Waals surface area (Å²) in [5.41, 5.74) is 1.84. The first kappa shape index (κ1) is 11.3. The lowest BCUT2D eigenvalue weighted by molar-refractivity contribution is 0.931. The molecule has 0 fully saturated rings. The number of nitrogens with zero attached hydrogens (tertiary/aromatic N) is 1. The summed E-state index contributed by atoms with van der Waals surface area (Å²) in [6, 6.07) is 7.33. The van der Waals surface area contributed by atoms with Gasteiger partial charge >= 0.3 is 0 Å². The highest BCUT2D eigenvalue weighted by Crippen LogP contribution is 2.24. The van der Waals surface area contributed by atoms with Gasteiger partial charge in [-0.1, -0.05) is 12.1 Å². The zero-order valence-corrected chi connectivity index (χ0v) is 10.9. The quantitative estimate of drug-likeness (QED) is 0.822. The van der Waals surface area contributed by atoms with Crippen LogP contribution in [-0.4, -0.2) is 9.55 Å². The van der Waals surface area contributed by atoms with Crippen LogP contribution in [0.2, 0.25) is 0 Å². The lowest BCUT2D eigenvalue weighted by Gasteiger charge is -2.09. The zero-order chi connectivity index (χ0) is 11.7. The van der Waals surface area contributed by atoms with E-state index in [1.807, 2.05) is 25.1 Å². The molecule has 0 saturated heterocycles. The van der Waals surface area contributed by atoms with Gasteiger partial charge in [0, 0.05) is 16.7 Å². The number of halogens is 1. The molecule has 2 aromatic rings. The van der Waals surface area contributed by atoms with E-state index in [0.29, 0.717) is 4.77 Å². The Morgan fingerprint density at radius 2 is 2.12 bits per heavy atom. The van der Waals surface area contributed by atoms with Crippen molar-refractivity contribution < 1.29 is 0 Å². The molecule has 1 heterocycles. The predicted octanol–water partition coefficient (Wildman–Crippen LogP) is 2.97. The van der Waals surface area contributed by atoms with E-state index >= 15 is 0 Å². The molecule has 1 aromatic carbocycles. The van der Waals surface area contributed by atoms with Crippen molar-refractivity contribution in [2.75, 3.05) is 0 Å². The number of rotatable bonds is 1. The van der Waals surface area contributed by atoms with E-state index in [-0.39, 0.29) is 5.56 Å². The number of aromatic amines is 1. The van der Waals surface area contributed by atoms with E-state index in [1.54, 1.807) is 10.8 Å². The molecule has 5 heteroatoms. The normalized spacial score (nSPS) is 10.4. The SMILES string of the molecule is Cc1cccc(-n2ccc(=O)[nH]c2=S)c1Br.